The van der Waals surface area contributed by atoms with E-state index in [0.717, 1.165) is 30.1 Å². The lowest BCUT2D eigenvalue weighted by atomic mass is 9.70. The van der Waals surface area contributed by atoms with E-state index in [1.807, 2.05) is 18.2 Å². The number of halogens is 3. The zero-order chi connectivity index (χ0) is 41.3. The van der Waals surface area contributed by atoms with Gasteiger partial charge in [0.25, 0.3) is 5.91 Å². The lowest BCUT2D eigenvalue weighted by molar-refractivity contribution is -0.205. The first-order chi connectivity index (χ1) is 27.7. The molecule has 1 atom stereocenters. The van der Waals surface area contributed by atoms with Gasteiger partial charge in [-0.05, 0) is 80.3 Å². The first-order valence-corrected chi connectivity index (χ1v) is 19.5. The van der Waals surface area contributed by atoms with Crippen LogP contribution in [0.25, 0.3) is 0 Å². The quantitative estimate of drug-likeness (QED) is 0.216. The maximum absolute atomic E-state index is 13.4. The number of aromatic nitrogens is 2. The van der Waals surface area contributed by atoms with E-state index >= 15 is 0 Å². The van der Waals surface area contributed by atoms with Crippen LogP contribution in [0.4, 0.5) is 13.2 Å². The van der Waals surface area contributed by atoms with E-state index in [4.69, 9.17) is 25.2 Å². The number of nitrogens with zero attached hydrogens (tertiary/aromatic N) is 5. The Morgan fingerprint density at radius 3 is 2.17 bits per heavy atom. The molecule has 1 unspecified atom stereocenters. The number of methoxy groups -OCH3 is 1. The van der Waals surface area contributed by atoms with Gasteiger partial charge in [0.1, 0.15) is 5.41 Å². The van der Waals surface area contributed by atoms with Crippen molar-refractivity contribution < 1.29 is 46.6 Å². The minimum atomic E-state index is -4.61. The van der Waals surface area contributed by atoms with Gasteiger partial charge in [0, 0.05) is 43.2 Å². The molecule has 2 N–H and O–H groups in total. The number of carbonyl (C=O) groups excluding carboxylic acids is 4. The first-order valence-electron chi connectivity index (χ1n) is 19.5. The van der Waals surface area contributed by atoms with Gasteiger partial charge in [-0.1, -0.05) is 24.3 Å². The Morgan fingerprint density at radius 1 is 0.948 bits per heavy atom. The molecule has 58 heavy (non-hydrogen) atoms. The Bertz CT molecular complexity index is 2030. The standard InChI is InChI=1S/C24H23F3N6O3.C18H24O4/c25-24(26,27)23(5-6-23)21(36)32-13-22(14-32)12-31(11-18(22)19(29)34)20(35)17-8-30-33(10-17)9-16-3-1-15(7-28)2-4-16;1-20-17(19)15-4-2-14(3-5-15)8-11-21-12-18-9-6-16(7-10-18)22-13-18/h1-4,8,10,18H,5-6,9,11-14H2,(H2,29,34);2-5,16H,6-13H2,1H3. The number of fused-ring (bicyclic) bond motifs is 3. The summed E-state index contributed by atoms with van der Waals surface area (Å²) in [5.41, 5.74) is 6.17. The topological polar surface area (TPSA) is 170 Å². The Morgan fingerprint density at radius 2 is 1.60 bits per heavy atom. The van der Waals surface area contributed by atoms with Gasteiger partial charge in [0.2, 0.25) is 11.8 Å². The molecule has 2 bridgehead atoms. The van der Waals surface area contributed by atoms with E-state index in [1.165, 1.54) is 49.5 Å². The smallest absolute Gasteiger partial charge is 0.403 e. The van der Waals surface area contributed by atoms with Crippen molar-refractivity contribution in [2.45, 2.75) is 63.8 Å². The second kappa shape index (κ2) is 16.2. The van der Waals surface area contributed by atoms with Gasteiger partial charge in [-0.2, -0.15) is 23.5 Å². The average molecular weight is 805 g/mol. The zero-order valence-electron chi connectivity index (χ0n) is 32.3. The summed E-state index contributed by atoms with van der Waals surface area (Å²) < 4.78 is 58.1. The molecule has 2 saturated carbocycles. The molecule has 3 amide bonds. The molecule has 5 heterocycles. The fraction of sp³-hybridized carbons (Fsp3) is 0.524. The van der Waals surface area contributed by atoms with Crippen molar-refractivity contribution in [3.8, 4) is 6.07 Å². The first kappa shape index (κ1) is 40.9. The number of hydrogen-bond acceptors (Lipinski definition) is 9. The molecule has 16 heteroatoms. The molecule has 2 aromatic carbocycles. The van der Waals surface area contributed by atoms with Crippen molar-refractivity contribution in [2.24, 2.45) is 27.9 Å². The van der Waals surface area contributed by atoms with Gasteiger partial charge in [-0.3, -0.25) is 19.1 Å². The third kappa shape index (κ3) is 8.33. The van der Waals surface area contributed by atoms with Gasteiger partial charge in [0.05, 0.1) is 74.5 Å². The molecular formula is C42H47F3N6O7. The number of esters is 1. The molecule has 4 aliphatic heterocycles. The van der Waals surface area contributed by atoms with E-state index in [9.17, 15) is 32.3 Å². The molecule has 9 rings (SSSR count). The van der Waals surface area contributed by atoms with E-state index in [0.29, 0.717) is 35.9 Å². The third-order valence-electron chi connectivity index (χ3n) is 12.5. The van der Waals surface area contributed by atoms with Crippen molar-refractivity contribution in [3.05, 3.63) is 88.7 Å². The monoisotopic (exact) mass is 804 g/mol. The summed E-state index contributed by atoms with van der Waals surface area (Å²) in [5, 5.41) is 13.1. The Labute approximate surface area is 334 Å². The van der Waals surface area contributed by atoms with Crippen LogP contribution >= 0.6 is 0 Å². The van der Waals surface area contributed by atoms with E-state index in [1.54, 1.807) is 47.3 Å². The molecule has 2 aliphatic carbocycles. The molecule has 6 aliphatic rings. The molecule has 308 valence electrons. The number of nitriles is 1. The van der Waals surface area contributed by atoms with Crippen LogP contribution in [0.3, 0.4) is 0 Å². The normalized spacial score (nSPS) is 23.6. The highest BCUT2D eigenvalue weighted by Gasteiger charge is 2.71. The van der Waals surface area contributed by atoms with E-state index < -0.39 is 34.7 Å². The Balaban J connectivity index is 0.000000199. The van der Waals surface area contributed by atoms with E-state index in [2.05, 4.69) is 5.10 Å². The number of likely N-dealkylation sites (tertiary alicyclic amines) is 2. The largest absolute Gasteiger partial charge is 0.465 e. The van der Waals surface area contributed by atoms with Gasteiger partial charge < -0.3 is 29.7 Å². The minimum Gasteiger partial charge on any atom is -0.465 e. The second-order valence-corrected chi connectivity index (χ2v) is 16.5. The maximum Gasteiger partial charge on any atom is 0.403 e. The maximum atomic E-state index is 13.4. The fourth-order valence-corrected chi connectivity index (χ4v) is 8.75. The predicted molar refractivity (Wildman–Crippen MR) is 201 cm³/mol. The zero-order valence-corrected chi connectivity index (χ0v) is 32.3. The van der Waals surface area contributed by atoms with Crippen LogP contribution in [0.5, 0.6) is 0 Å². The second-order valence-electron chi connectivity index (χ2n) is 16.5. The molecule has 6 fully saturated rings. The molecule has 4 saturated heterocycles. The lowest BCUT2D eigenvalue weighted by Gasteiger charge is -2.51. The van der Waals surface area contributed by atoms with Crippen molar-refractivity contribution in [1.82, 2.24) is 19.6 Å². The van der Waals surface area contributed by atoms with Gasteiger partial charge in [0.15, 0.2) is 0 Å². The molecule has 0 radical (unpaired) electrons. The van der Waals surface area contributed by atoms with Crippen molar-refractivity contribution >= 4 is 23.7 Å². The molecule has 13 nitrogen and oxygen atoms in total. The van der Waals surface area contributed by atoms with Crippen LogP contribution in [0, 0.1) is 33.5 Å². The predicted octanol–water partition coefficient (Wildman–Crippen LogP) is 4.52. The Kier molecular flexibility index (Phi) is 11.4. The lowest BCUT2D eigenvalue weighted by Crippen LogP contribution is -2.65. The van der Waals surface area contributed by atoms with Crippen molar-refractivity contribution in [3.63, 3.8) is 0 Å². The van der Waals surface area contributed by atoms with Crippen LogP contribution in [0.1, 0.15) is 75.9 Å². The van der Waals surface area contributed by atoms with Gasteiger partial charge >= 0.3 is 12.1 Å². The number of alkyl halides is 3. The highest BCUT2D eigenvalue weighted by atomic mass is 19.4. The highest BCUT2D eigenvalue weighted by Crippen LogP contribution is 2.60. The summed E-state index contributed by atoms with van der Waals surface area (Å²) in [4.78, 5) is 51.9. The number of nitrogens with two attached hydrogens (primary N) is 1. The van der Waals surface area contributed by atoms with Crippen LogP contribution in [-0.4, -0.2) is 109 Å². The molecule has 1 aromatic heterocycles. The number of amides is 3. The number of ether oxygens (including phenoxy) is 3. The van der Waals surface area contributed by atoms with Crippen LogP contribution in [0.2, 0.25) is 0 Å². The number of benzene rings is 2. The summed E-state index contributed by atoms with van der Waals surface area (Å²) in [6.07, 6.45) is 4.16. The summed E-state index contributed by atoms with van der Waals surface area (Å²) in [7, 11) is 1.39. The Hall–Kier alpha value is -5.27. The third-order valence-corrected chi connectivity index (χ3v) is 12.5. The van der Waals surface area contributed by atoms with Crippen molar-refractivity contribution in [2.75, 3.05) is 53.1 Å². The van der Waals surface area contributed by atoms with Gasteiger partial charge in [-0.15, -0.1) is 0 Å². The minimum absolute atomic E-state index is 0.0292. The van der Waals surface area contributed by atoms with Crippen LogP contribution in [-0.2, 0) is 36.8 Å². The summed E-state index contributed by atoms with van der Waals surface area (Å²) in [5.74, 6) is -3.04. The van der Waals surface area contributed by atoms with Crippen LogP contribution < -0.4 is 5.73 Å². The number of hydrogen-bond donors (Lipinski definition) is 1. The summed E-state index contributed by atoms with van der Waals surface area (Å²) >= 11 is 0. The fourth-order valence-electron chi connectivity index (χ4n) is 8.75. The van der Waals surface area contributed by atoms with Crippen LogP contribution in [0.15, 0.2) is 60.9 Å². The number of carbonyl (C=O) groups is 4. The highest BCUT2D eigenvalue weighted by molar-refractivity contribution is 5.95. The molecule has 1 spiro atoms. The van der Waals surface area contributed by atoms with Gasteiger partial charge in [-0.25, -0.2) is 4.79 Å². The van der Waals surface area contributed by atoms with Crippen molar-refractivity contribution in [1.29, 1.82) is 5.26 Å². The average Bonchev–Trinajstić information content (AvgIpc) is 3.76. The molecule has 3 aromatic rings. The summed E-state index contributed by atoms with van der Waals surface area (Å²) in [6.45, 7) is 2.82. The SMILES string of the molecule is COC(=O)c1ccc(CCOCC23CCC(CC2)OC3)cc1.N#Cc1ccc(Cn2cc(C(=O)N3CC(C(N)=O)C4(C3)CN(C(=O)C3(C(F)(F)F)CC3)C4)cn2)cc1. The molecular weight excluding hydrogens is 757 g/mol. The number of primary amides is 1. The number of rotatable bonds is 11. The van der Waals surface area contributed by atoms with E-state index in [-0.39, 0.29) is 56.3 Å². The summed E-state index contributed by atoms with van der Waals surface area (Å²) in [6, 6.07) is 16.5.